The summed E-state index contributed by atoms with van der Waals surface area (Å²) in [4.78, 5) is 43.2. The van der Waals surface area contributed by atoms with Crippen LogP contribution < -0.4 is 40.3 Å². The number of carbonyl (C=O) groups is 1. The van der Waals surface area contributed by atoms with Gasteiger partial charge in [0.25, 0.3) is 0 Å². The Balaban J connectivity index is 1.39. The average Bonchev–Trinajstić information content (AvgIpc) is 3.03. The Morgan fingerprint density at radius 2 is 1.52 bits per heavy atom. The van der Waals surface area contributed by atoms with Crippen LogP contribution in [0, 0.1) is 5.82 Å². The molecule has 2 aromatic heterocycles. The molecule has 0 aliphatic heterocycles. The Bertz CT molecular complexity index is 1970. The minimum atomic E-state index is -0.994. The largest absolute Gasteiger partial charge is 0.493 e. The Hall–Kier alpha value is -5.85. The topological polar surface area (TPSA) is 132 Å². The molecule has 0 saturated carbocycles. The van der Waals surface area contributed by atoms with Gasteiger partial charge in [-0.05, 0) is 55.5 Å². The van der Waals surface area contributed by atoms with Crippen LogP contribution in [-0.4, -0.2) is 41.5 Å². The van der Waals surface area contributed by atoms with E-state index in [2.05, 4.69) is 10.3 Å². The molecule has 1 amide bonds. The second kappa shape index (κ2) is 12.6. The number of nitrogens with zero attached hydrogens (tertiary/aromatic N) is 3. The van der Waals surface area contributed by atoms with Gasteiger partial charge >= 0.3 is 17.3 Å². The number of hydrogen-bond acceptors (Lipinski definition) is 9. The minimum Gasteiger partial charge on any atom is -0.493 e. The number of ether oxygens (including phenoxy) is 5. The van der Waals surface area contributed by atoms with Gasteiger partial charge in [-0.2, -0.15) is 0 Å². The van der Waals surface area contributed by atoms with E-state index in [0.717, 1.165) is 22.9 Å². The molecule has 0 aliphatic rings. The third kappa shape index (κ3) is 5.88. The minimum absolute atomic E-state index is 0.120. The van der Waals surface area contributed by atoms with Crippen LogP contribution in [0.25, 0.3) is 16.6 Å². The zero-order valence-corrected chi connectivity index (χ0v) is 24.1. The van der Waals surface area contributed by atoms with Crippen LogP contribution in [0.1, 0.15) is 6.92 Å². The van der Waals surface area contributed by atoms with Gasteiger partial charge in [-0.3, -0.25) is 19.7 Å². The van der Waals surface area contributed by atoms with Crippen molar-refractivity contribution in [1.82, 2.24) is 14.1 Å². The van der Waals surface area contributed by atoms with E-state index in [-0.39, 0.29) is 23.7 Å². The molecule has 0 unspecified atom stereocenters. The highest BCUT2D eigenvalue weighted by Crippen LogP contribution is 2.39. The van der Waals surface area contributed by atoms with E-state index in [0.29, 0.717) is 33.9 Å². The third-order valence-electron chi connectivity index (χ3n) is 6.59. The van der Waals surface area contributed by atoms with E-state index in [9.17, 15) is 18.8 Å². The van der Waals surface area contributed by atoms with Crippen LogP contribution in [0.4, 0.5) is 14.9 Å². The summed E-state index contributed by atoms with van der Waals surface area (Å²) in [6.07, 6.45) is 1.74. The van der Waals surface area contributed by atoms with Crippen LogP contribution in [-0.2, 0) is 6.54 Å². The zero-order chi connectivity index (χ0) is 31.4. The summed E-state index contributed by atoms with van der Waals surface area (Å²) in [6.45, 7) is 1.87. The molecule has 0 spiro atoms. The zero-order valence-electron chi connectivity index (χ0n) is 24.1. The number of pyridine rings is 1. The Labute approximate surface area is 249 Å². The molecule has 0 aliphatic carbocycles. The first kappa shape index (κ1) is 29.6. The van der Waals surface area contributed by atoms with Crippen molar-refractivity contribution in [1.29, 1.82) is 0 Å². The second-order valence-corrected chi connectivity index (χ2v) is 9.19. The molecular weight excluding hydrogens is 575 g/mol. The summed E-state index contributed by atoms with van der Waals surface area (Å²) >= 11 is 0. The standard InChI is InChI=1S/C31H27FN4O8/c1-5-35-17-28(29(37)36(31(35)39)20-9-6-18(32)7-10-20)44-30(38)34-19-8-11-24(25(14-19)40-2)43-23-12-13-33-22-16-27(42-4)26(41-3)15-21(22)23/h6-17H,5H2,1-4H3,(H,34,38). The first-order valence-corrected chi connectivity index (χ1v) is 13.2. The summed E-state index contributed by atoms with van der Waals surface area (Å²) in [5, 5.41) is 3.20. The fraction of sp³-hybridized carbons (Fsp3) is 0.161. The Morgan fingerprint density at radius 1 is 0.841 bits per heavy atom. The molecule has 2 heterocycles. The fourth-order valence-corrected chi connectivity index (χ4v) is 4.42. The smallest absolute Gasteiger partial charge is 0.417 e. The fourth-order valence-electron chi connectivity index (χ4n) is 4.42. The molecule has 12 nitrogen and oxygen atoms in total. The van der Waals surface area contributed by atoms with Gasteiger partial charge < -0.3 is 23.7 Å². The van der Waals surface area contributed by atoms with Crippen molar-refractivity contribution in [3.63, 3.8) is 0 Å². The predicted molar refractivity (Wildman–Crippen MR) is 159 cm³/mol. The summed E-state index contributed by atoms with van der Waals surface area (Å²) in [5.74, 6) is 1.17. The van der Waals surface area contributed by atoms with Crippen molar-refractivity contribution >= 4 is 22.7 Å². The number of aryl methyl sites for hydroxylation is 1. The van der Waals surface area contributed by atoms with E-state index in [4.69, 9.17) is 23.7 Å². The number of methoxy groups -OCH3 is 3. The molecule has 0 saturated heterocycles. The molecule has 1 N–H and O–H groups in total. The Kier molecular flexibility index (Phi) is 8.47. The molecule has 5 aromatic rings. The van der Waals surface area contributed by atoms with Crippen LogP contribution in [0.2, 0.25) is 0 Å². The number of amides is 1. The van der Waals surface area contributed by atoms with E-state index in [1.54, 1.807) is 43.5 Å². The van der Waals surface area contributed by atoms with Crippen molar-refractivity contribution in [3.8, 4) is 40.2 Å². The maximum atomic E-state index is 13.4. The molecule has 44 heavy (non-hydrogen) atoms. The molecule has 5 rings (SSSR count). The summed E-state index contributed by atoms with van der Waals surface area (Å²) in [6, 6.07) is 14.6. The number of hydrogen-bond donors (Lipinski definition) is 1. The Morgan fingerprint density at radius 3 is 2.20 bits per heavy atom. The van der Waals surface area contributed by atoms with Gasteiger partial charge in [0.15, 0.2) is 23.0 Å². The van der Waals surface area contributed by atoms with Crippen LogP contribution in [0.3, 0.4) is 0 Å². The number of benzene rings is 3. The second-order valence-electron chi connectivity index (χ2n) is 9.19. The predicted octanol–water partition coefficient (Wildman–Crippen LogP) is 5.14. The highest BCUT2D eigenvalue weighted by molar-refractivity contribution is 5.89. The number of rotatable bonds is 9. The lowest BCUT2D eigenvalue weighted by molar-refractivity contribution is 0.213. The van der Waals surface area contributed by atoms with E-state index in [1.165, 1.54) is 44.1 Å². The van der Waals surface area contributed by atoms with Crippen LogP contribution in [0.15, 0.2) is 82.6 Å². The molecule has 0 atom stereocenters. The van der Waals surface area contributed by atoms with Crippen molar-refractivity contribution in [2.45, 2.75) is 13.5 Å². The third-order valence-corrected chi connectivity index (χ3v) is 6.59. The van der Waals surface area contributed by atoms with Gasteiger partial charge in [0.1, 0.15) is 11.6 Å². The number of carbonyl (C=O) groups excluding carboxylic acids is 1. The van der Waals surface area contributed by atoms with E-state index < -0.39 is 28.9 Å². The monoisotopic (exact) mass is 602 g/mol. The first-order chi connectivity index (χ1) is 21.3. The van der Waals surface area contributed by atoms with Crippen molar-refractivity contribution in [2.75, 3.05) is 26.6 Å². The number of anilines is 1. The number of nitrogens with one attached hydrogen (secondary N) is 1. The van der Waals surface area contributed by atoms with Crippen molar-refractivity contribution in [3.05, 3.63) is 99.7 Å². The van der Waals surface area contributed by atoms with Gasteiger partial charge in [0, 0.05) is 35.9 Å². The highest BCUT2D eigenvalue weighted by atomic mass is 19.1. The molecular formula is C31H27FN4O8. The van der Waals surface area contributed by atoms with Crippen LogP contribution in [0.5, 0.6) is 34.5 Å². The molecule has 0 radical (unpaired) electrons. The maximum absolute atomic E-state index is 13.4. The SMILES string of the molecule is CCn1cc(OC(=O)Nc2ccc(Oc3ccnc4cc(OC)c(OC)cc34)c(OC)c2)c(=O)n(-c2ccc(F)cc2)c1=O. The summed E-state index contributed by atoms with van der Waals surface area (Å²) in [7, 11) is 4.50. The molecule has 0 bridgehead atoms. The van der Waals surface area contributed by atoms with E-state index in [1.807, 2.05) is 0 Å². The molecule has 0 fully saturated rings. The number of fused-ring (bicyclic) bond motifs is 1. The van der Waals surface area contributed by atoms with Gasteiger partial charge in [-0.1, -0.05) is 0 Å². The number of aromatic nitrogens is 3. The summed E-state index contributed by atoms with van der Waals surface area (Å²) < 4.78 is 43.1. The lowest BCUT2D eigenvalue weighted by Gasteiger charge is -2.15. The highest BCUT2D eigenvalue weighted by Gasteiger charge is 2.18. The van der Waals surface area contributed by atoms with Gasteiger partial charge in [-0.15, -0.1) is 0 Å². The normalized spacial score (nSPS) is 10.8. The average molecular weight is 603 g/mol. The molecule has 226 valence electrons. The first-order valence-electron chi connectivity index (χ1n) is 13.2. The number of halogens is 1. The van der Waals surface area contributed by atoms with Gasteiger partial charge in [0.2, 0.25) is 5.75 Å². The van der Waals surface area contributed by atoms with E-state index >= 15 is 0 Å². The summed E-state index contributed by atoms with van der Waals surface area (Å²) in [5.41, 5.74) is -0.548. The molecule has 3 aromatic carbocycles. The maximum Gasteiger partial charge on any atom is 0.417 e. The van der Waals surface area contributed by atoms with Crippen molar-refractivity contribution < 1.29 is 32.9 Å². The van der Waals surface area contributed by atoms with Gasteiger partial charge in [-0.25, -0.2) is 18.5 Å². The van der Waals surface area contributed by atoms with Crippen LogP contribution >= 0.6 is 0 Å². The lowest BCUT2D eigenvalue weighted by Crippen LogP contribution is -2.39. The van der Waals surface area contributed by atoms with Gasteiger partial charge in [0.05, 0.1) is 38.7 Å². The lowest BCUT2D eigenvalue weighted by atomic mass is 10.1. The molecule has 13 heteroatoms. The van der Waals surface area contributed by atoms with Crippen molar-refractivity contribution in [2.24, 2.45) is 0 Å². The quantitative estimate of drug-likeness (QED) is 0.244.